The van der Waals surface area contributed by atoms with Crippen LogP contribution in [0.25, 0.3) is 0 Å². The van der Waals surface area contributed by atoms with Crippen LogP contribution in [0.15, 0.2) is 30.3 Å². The van der Waals surface area contributed by atoms with Crippen molar-refractivity contribution in [3.63, 3.8) is 0 Å². The molecule has 0 aliphatic carbocycles. The van der Waals surface area contributed by atoms with Crippen molar-refractivity contribution in [2.75, 3.05) is 7.11 Å². The van der Waals surface area contributed by atoms with E-state index in [4.69, 9.17) is 44.3 Å². The fraction of sp³-hybridized carbons (Fsp3) is 0.133. The van der Waals surface area contributed by atoms with Gasteiger partial charge in [0.1, 0.15) is 6.61 Å². The number of benzene rings is 2. The maximum Gasteiger partial charge on any atom is 0.180 e. The van der Waals surface area contributed by atoms with Crippen LogP contribution < -0.4 is 14.6 Å². The fourth-order valence-electron chi connectivity index (χ4n) is 1.77. The lowest BCUT2D eigenvalue weighted by Gasteiger charge is -2.15. The molecule has 116 valence electrons. The van der Waals surface area contributed by atoms with Crippen LogP contribution in [0.2, 0.25) is 15.1 Å². The molecular weight excluding hydrogens is 351 g/mol. The first kappa shape index (κ1) is 16.7. The van der Waals surface area contributed by atoms with Crippen LogP contribution in [-0.4, -0.2) is 13.1 Å². The van der Waals surface area contributed by atoms with Crippen LogP contribution in [0.1, 0.15) is 15.9 Å². The molecule has 0 aromatic heterocycles. The molecule has 0 heterocycles. The average molecular weight is 361 g/mol. The second-order valence-electron chi connectivity index (χ2n) is 4.30. The van der Waals surface area contributed by atoms with Crippen LogP contribution in [0.5, 0.6) is 11.5 Å². The van der Waals surface area contributed by atoms with Crippen molar-refractivity contribution in [1.82, 2.24) is 0 Å². The normalized spacial score (nSPS) is 10.4. The number of rotatable bonds is 5. The van der Waals surface area contributed by atoms with Gasteiger partial charge >= 0.3 is 0 Å². The molecule has 0 radical (unpaired) electrons. The lowest BCUT2D eigenvalue weighted by Crippen LogP contribution is -2.22. The number of halogens is 3. The third-order valence-electron chi connectivity index (χ3n) is 2.85. The molecule has 0 atom stereocenters. The number of carbonyl (C=O) groups is 1. The Morgan fingerprint density at radius 3 is 2.45 bits per heavy atom. The number of carboxylic acids is 1. The van der Waals surface area contributed by atoms with E-state index in [-0.39, 0.29) is 28.7 Å². The SMILES string of the molecule is COc1cc(C(=O)[O-])cc(Cl)c1OCc1ccc(Cl)cc1Cl. The van der Waals surface area contributed by atoms with Crippen molar-refractivity contribution in [3.05, 3.63) is 56.5 Å². The van der Waals surface area contributed by atoms with E-state index in [9.17, 15) is 9.90 Å². The lowest BCUT2D eigenvalue weighted by atomic mass is 10.2. The zero-order chi connectivity index (χ0) is 16.3. The number of hydrogen-bond donors (Lipinski definition) is 0. The fourth-order valence-corrected chi connectivity index (χ4v) is 2.49. The van der Waals surface area contributed by atoms with E-state index in [1.54, 1.807) is 18.2 Å². The van der Waals surface area contributed by atoms with Crippen molar-refractivity contribution >= 4 is 40.8 Å². The van der Waals surface area contributed by atoms with E-state index < -0.39 is 5.97 Å². The number of hydrogen-bond acceptors (Lipinski definition) is 4. The van der Waals surface area contributed by atoms with E-state index in [2.05, 4.69) is 0 Å². The minimum atomic E-state index is -1.35. The summed E-state index contributed by atoms with van der Waals surface area (Å²) in [5, 5.41) is 12.0. The molecule has 0 saturated heterocycles. The number of aromatic carboxylic acids is 1. The highest BCUT2D eigenvalue weighted by Gasteiger charge is 2.13. The molecule has 0 aliphatic heterocycles. The van der Waals surface area contributed by atoms with E-state index >= 15 is 0 Å². The van der Waals surface area contributed by atoms with Crippen molar-refractivity contribution in [2.24, 2.45) is 0 Å². The Labute approximate surface area is 142 Å². The molecule has 0 unspecified atom stereocenters. The van der Waals surface area contributed by atoms with Gasteiger partial charge in [0.25, 0.3) is 0 Å². The van der Waals surface area contributed by atoms with Crippen LogP contribution in [0.4, 0.5) is 0 Å². The number of carboxylic acid groups (broad SMARTS) is 1. The maximum atomic E-state index is 10.9. The monoisotopic (exact) mass is 359 g/mol. The predicted molar refractivity (Wildman–Crippen MR) is 83.1 cm³/mol. The molecule has 0 saturated carbocycles. The Kier molecular flexibility index (Phi) is 5.40. The van der Waals surface area contributed by atoms with Gasteiger partial charge in [0.2, 0.25) is 0 Å². The molecule has 0 aliphatic rings. The molecule has 0 spiro atoms. The molecule has 4 nitrogen and oxygen atoms in total. The summed E-state index contributed by atoms with van der Waals surface area (Å²) in [6.45, 7) is 0.122. The largest absolute Gasteiger partial charge is 0.545 e. The minimum Gasteiger partial charge on any atom is -0.545 e. The zero-order valence-corrected chi connectivity index (χ0v) is 13.6. The van der Waals surface area contributed by atoms with Gasteiger partial charge in [-0.25, -0.2) is 0 Å². The Hall–Kier alpha value is -1.62. The van der Waals surface area contributed by atoms with Gasteiger partial charge in [0.15, 0.2) is 11.5 Å². The summed E-state index contributed by atoms with van der Waals surface area (Å²) in [7, 11) is 1.38. The number of ether oxygens (including phenoxy) is 2. The standard InChI is InChI=1S/C15H11Cl3O4/c1-21-13-5-9(15(19)20)4-12(18)14(13)22-7-8-2-3-10(16)6-11(8)17/h2-6H,7H2,1H3,(H,19,20)/p-1. The van der Waals surface area contributed by atoms with Crippen molar-refractivity contribution in [3.8, 4) is 11.5 Å². The molecule has 0 bridgehead atoms. The summed E-state index contributed by atoms with van der Waals surface area (Å²) in [5.41, 5.74) is 0.604. The zero-order valence-electron chi connectivity index (χ0n) is 11.4. The van der Waals surface area contributed by atoms with Crippen molar-refractivity contribution in [2.45, 2.75) is 6.61 Å². The van der Waals surface area contributed by atoms with E-state index in [1.807, 2.05) is 0 Å². The van der Waals surface area contributed by atoms with E-state index in [0.29, 0.717) is 15.6 Å². The summed E-state index contributed by atoms with van der Waals surface area (Å²) in [6, 6.07) is 7.52. The molecule has 0 fully saturated rings. The Balaban J connectivity index is 2.27. The summed E-state index contributed by atoms with van der Waals surface area (Å²) in [6.07, 6.45) is 0. The molecule has 0 amide bonds. The summed E-state index contributed by atoms with van der Waals surface area (Å²) in [5.74, 6) is -0.940. The highest BCUT2D eigenvalue weighted by atomic mass is 35.5. The Morgan fingerprint density at radius 2 is 1.86 bits per heavy atom. The molecule has 2 rings (SSSR count). The van der Waals surface area contributed by atoms with Crippen LogP contribution in [0, 0.1) is 0 Å². The third kappa shape index (κ3) is 3.77. The first-order valence-electron chi connectivity index (χ1n) is 6.08. The average Bonchev–Trinajstić information content (AvgIpc) is 2.46. The van der Waals surface area contributed by atoms with E-state index in [1.165, 1.54) is 19.2 Å². The molecule has 0 N–H and O–H groups in total. The Bertz CT molecular complexity index is 716. The highest BCUT2D eigenvalue weighted by Crippen LogP contribution is 2.37. The summed E-state index contributed by atoms with van der Waals surface area (Å²) >= 11 is 17.9. The van der Waals surface area contributed by atoms with Gasteiger partial charge in [-0.15, -0.1) is 0 Å². The first-order chi connectivity index (χ1) is 10.4. The predicted octanol–water partition coefficient (Wildman–Crippen LogP) is 3.60. The molecule has 22 heavy (non-hydrogen) atoms. The molecule has 7 heteroatoms. The van der Waals surface area contributed by atoms with Gasteiger partial charge in [-0.2, -0.15) is 0 Å². The molecule has 2 aromatic rings. The second-order valence-corrected chi connectivity index (χ2v) is 5.55. The summed E-state index contributed by atoms with van der Waals surface area (Å²) < 4.78 is 10.7. The van der Waals surface area contributed by atoms with Crippen molar-refractivity contribution in [1.29, 1.82) is 0 Å². The van der Waals surface area contributed by atoms with Gasteiger partial charge < -0.3 is 19.4 Å². The first-order valence-corrected chi connectivity index (χ1v) is 7.21. The van der Waals surface area contributed by atoms with E-state index in [0.717, 1.165) is 0 Å². The highest BCUT2D eigenvalue weighted by molar-refractivity contribution is 6.35. The minimum absolute atomic E-state index is 0.0984. The van der Waals surface area contributed by atoms with Gasteiger partial charge in [0.05, 0.1) is 18.1 Å². The second kappa shape index (κ2) is 7.09. The summed E-state index contributed by atoms with van der Waals surface area (Å²) in [4.78, 5) is 10.9. The van der Waals surface area contributed by atoms with Gasteiger partial charge in [-0.05, 0) is 24.3 Å². The van der Waals surface area contributed by atoms with Crippen LogP contribution >= 0.6 is 34.8 Å². The van der Waals surface area contributed by atoms with Gasteiger partial charge in [-0.3, -0.25) is 0 Å². The third-order valence-corrected chi connectivity index (χ3v) is 3.72. The molecular formula is C15H10Cl3O4-. The van der Waals surface area contributed by atoms with Crippen LogP contribution in [0.3, 0.4) is 0 Å². The Morgan fingerprint density at radius 1 is 1.14 bits per heavy atom. The van der Waals surface area contributed by atoms with Gasteiger partial charge in [-0.1, -0.05) is 40.9 Å². The number of methoxy groups -OCH3 is 1. The number of carbonyl (C=O) groups excluding carboxylic acids is 1. The lowest BCUT2D eigenvalue weighted by molar-refractivity contribution is -0.255. The molecule has 2 aromatic carbocycles. The van der Waals surface area contributed by atoms with Crippen molar-refractivity contribution < 1.29 is 19.4 Å². The van der Waals surface area contributed by atoms with Gasteiger partial charge in [0, 0.05) is 21.2 Å². The topological polar surface area (TPSA) is 58.6 Å². The maximum absolute atomic E-state index is 10.9. The van der Waals surface area contributed by atoms with Crippen LogP contribution in [-0.2, 0) is 6.61 Å². The smallest absolute Gasteiger partial charge is 0.180 e. The quantitative estimate of drug-likeness (QED) is 0.817.